The summed E-state index contributed by atoms with van der Waals surface area (Å²) < 4.78 is 5.24. The van der Waals surface area contributed by atoms with Crippen LogP contribution in [0.25, 0.3) is 0 Å². The second-order valence-corrected chi connectivity index (χ2v) is 6.30. The second kappa shape index (κ2) is 6.66. The first-order chi connectivity index (χ1) is 10.3. The van der Waals surface area contributed by atoms with Crippen molar-refractivity contribution in [2.45, 2.75) is 45.3 Å². The van der Waals surface area contributed by atoms with E-state index in [1.165, 1.54) is 4.90 Å². The van der Waals surface area contributed by atoms with Gasteiger partial charge in [0.15, 0.2) is 5.17 Å². The Morgan fingerprint density at radius 2 is 2.27 bits per heavy atom. The van der Waals surface area contributed by atoms with Gasteiger partial charge in [-0.15, -0.1) is 0 Å². The van der Waals surface area contributed by atoms with Crippen LogP contribution in [0.1, 0.15) is 37.6 Å². The van der Waals surface area contributed by atoms with Crippen LogP contribution in [0.5, 0.6) is 0 Å². The molecule has 2 rings (SSSR count). The Morgan fingerprint density at radius 3 is 2.77 bits per heavy atom. The van der Waals surface area contributed by atoms with Gasteiger partial charge in [0, 0.05) is 19.0 Å². The van der Waals surface area contributed by atoms with Crippen molar-refractivity contribution < 1.29 is 19.6 Å². The number of likely N-dealkylation sites (tertiary alicyclic amines) is 1. The Morgan fingerprint density at radius 1 is 1.59 bits per heavy atom. The molecule has 0 aromatic carbocycles. The van der Waals surface area contributed by atoms with Crippen LogP contribution in [0.3, 0.4) is 0 Å². The number of carbonyl (C=O) groups excluding carboxylic acids is 1. The molecule has 0 radical (unpaired) electrons. The highest BCUT2D eigenvalue weighted by atomic mass is 35.5. The number of nitrogens with zero attached hydrogens (tertiary/aromatic N) is 3. The van der Waals surface area contributed by atoms with E-state index in [2.05, 4.69) is 10.3 Å². The summed E-state index contributed by atoms with van der Waals surface area (Å²) >= 11 is 5.87. The van der Waals surface area contributed by atoms with Gasteiger partial charge >= 0.3 is 0 Å². The summed E-state index contributed by atoms with van der Waals surface area (Å²) in [4.78, 5) is 14.3. The zero-order valence-corrected chi connectivity index (χ0v) is 13.5. The van der Waals surface area contributed by atoms with Gasteiger partial charge in [-0.05, 0) is 12.8 Å². The largest absolute Gasteiger partial charge is 0.410 e. The van der Waals surface area contributed by atoms with Crippen molar-refractivity contribution in [1.29, 1.82) is 0 Å². The molecule has 8 heteroatoms. The minimum Gasteiger partial charge on any atom is -0.410 e. The lowest BCUT2D eigenvalue weighted by Gasteiger charge is -2.28. The Balaban J connectivity index is 2.30. The molecule has 0 spiro atoms. The van der Waals surface area contributed by atoms with Gasteiger partial charge in [-0.25, -0.2) is 0 Å². The van der Waals surface area contributed by atoms with E-state index < -0.39 is 18.1 Å². The van der Waals surface area contributed by atoms with Crippen LogP contribution in [-0.4, -0.2) is 50.1 Å². The van der Waals surface area contributed by atoms with E-state index in [9.17, 15) is 9.90 Å². The lowest BCUT2D eigenvalue weighted by Crippen LogP contribution is -2.43. The molecule has 3 atom stereocenters. The van der Waals surface area contributed by atoms with Crippen LogP contribution >= 0.6 is 11.6 Å². The first kappa shape index (κ1) is 16.8. The fourth-order valence-corrected chi connectivity index (χ4v) is 3.00. The maximum Gasteiger partial charge on any atom is 0.234 e. The number of aliphatic hydroxyl groups excluding tert-OH is 1. The number of aliphatic hydroxyl groups is 1. The molecule has 1 saturated heterocycles. The summed E-state index contributed by atoms with van der Waals surface area (Å²) in [5.41, 5.74) is 0.696. The lowest BCUT2D eigenvalue weighted by atomic mass is 9.91. The smallest absolute Gasteiger partial charge is 0.234 e. The maximum absolute atomic E-state index is 12.9. The van der Waals surface area contributed by atoms with E-state index in [-0.39, 0.29) is 30.0 Å². The highest BCUT2D eigenvalue weighted by Gasteiger charge is 2.42. The van der Waals surface area contributed by atoms with Crippen molar-refractivity contribution in [1.82, 2.24) is 10.1 Å². The minimum absolute atomic E-state index is 0.0249. The van der Waals surface area contributed by atoms with Crippen LogP contribution < -0.4 is 0 Å². The SMILES string of the molecule is Cc1cc(C(C(=O)N2CC(O)CC2C(Cl)=NO)C(C)C)on1. The quantitative estimate of drug-likeness (QED) is 0.497. The third kappa shape index (κ3) is 3.25. The molecule has 1 aromatic rings. The molecule has 0 bridgehead atoms. The Hall–Kier alpha value is -1.60. The number of carbonyl (C=O) groups is 1. The fourth-order valence-electron chi connectivity index (χ4n) is 2.79. The summed E-state index contributed by atoms with van der Waals surface area (Å²) in [5, 5.41) is 25.4. The zero-order valence-electron chi connectivity index (χ0n) is 12.7. The van der Waals surface area contributed by atoms with Gasteiger partial charge in [0.25, 0.3) is 0 Å². The van der Waals surface area contributed by atoms with E-state index >= 15 is 0 Å². The molecule has 1 amide bonds. The van der Waals surface area contributed by atoms with E-state index in [1.807, 2.05) is 13.8 Å². The summed E-state index contributed by atoms with van der Waals surface area (Å²) in [5.74, 6) is -0.301. The van der Waals surface area contributed by atoms with E-state index in [4.69, 9.17) is 21.3 Å². The minimum atomic E-state index is -0.700. The molecule has 1 aliphatic heterocycles. The third-order valence-corrected chi connectivity index (χ3v) is 4.15. The zero-order chi connectivity index (χ0) is 16.4. The van der Waals surface area contributed by atoms with Gasteiger partial charge in [0.2, 0.25) is 5.91 Å². The molecule has 3 unspecified atom stereocenters. The summed E-state index contributed by atoms with van der Waals surface area (Å²) in [6, 6.07) is 1.10. The summed E-state index contributed by atoms with van der Waals surface area (Å²) in [6.45, 7) is 5.74. The number of hydrogen-bond acceptors (Lipinski definition) is 6. The molecule has 1 fully saturated rings. The van der Waals surface area contributed by atoms with Crippen LogP contribution in [0.2, 0.25) is 0 Å². The molecule has 122 valence electrons. The second-order valence-electron chi connectivity index (χ2n) is 5.91. The van der Waals surface area contributed by atoms with Crippen LogP contribution in [0, 0.1) is 12.8 Å². The predicted octanol–water partition coefficient (Wildman–Crippen LogP) is 1.71. The number of hydrogen-bond donors (Lipinski definition) is 2. The Bertz CT molecular complexity index is 572. The highest BCUT2D eigenvalue weighted by molar-refractivity contribution is 6.66. The molecular formula is C14H20ClN3O4. The van der Waals surface area contributed by atoms with E-state index in [0.717, 1.165) is 0 Å². The van der Waals surface area contributed by atoms with E-state index in [1.54, 1.807) is 13.0 Å². The Kier molecular flexibility index (Phi) is 5.08. The molecule has 0 saturated carbocycles. The van der Waals surface area contributed by atoms with Gasteiger partial charge in [-0.2, -0.15) is 0 Å². The average molecular weight is 330 g/mol. The predicted molar refractivity (Wildman–Crippen MR) is 80.0 cm³/mol. The number of halogens is 1. The number of aromatic nitrogens is 1. The van der Waals surface area contributed by atoms with Crippen molar-refractivity contribution in [2.24, 2.45) is 11.1 Å². The van der Waals surface area contributed by atoms with Crippen molar-refractivity contribution in [3.8, 4) is 0 Å². The number of β-amino-alcohol motifs (C(OH)–C–C–N with tert-alkyl or cyclic N) is 1. The van der Waals surface area contributed by atoms with Gasteiger partial charge in [0.1, 0.15) is 11.7 Å². The van der Waals surface area contributed by atoms with Crippen molar-refractivity contribution in [2.75, 3.05) is 6.54 Å². The molecule has 0 aliphatic carbocycles. The first-order valence-electron chi connectivity index (χ1n) is 7.14. The first-order valence-corrected chi connectivity index (χ1v) is 7.52. The van der Waals surface area contributed by atoms with Gasteiger partial charge < -0.3 is 19.7 Å². The summed E-state index contributed by atoms with van der Waals surface area (Å²) in [7, 11) is 0. The Labute approximate surface area is 133 Å². The van der Waals surface area contributed by atoms with Crippen LogP contribution in [0.15, 0.2) is 15.7 Å². The molecule has 2 heterocycles. The van der Waals surface area contributed by atoms with Gasteiger partial charge in [0.05, 0.1) is 17.8 Å². The monoisotopic (exact) mass is 329 g/mol. The fraction of sp³-hybridized carbons (Fsp3) is 0.643. The number of rotatable bonds is 4. The number of amides is 1. The maximum atomic E-state index is 12.9. The molecular weight excluding hydrogens is 310 g/mol. The molecule has 2 N–H and O–H groups in total. The number of aryl methyl sites for hydroxylation is 1. The topological polar surface area (TPSA) is 99.2 Å². The van der Waals surface area contributed by atoms with Gasteiger partial charge in [-0.1, -0.05) is 35.8 Å². The molecule has 1 aliphatic rings. The van der Waals surface area contributed by atoms with Crippen molar-refractivity contribution >= 4 is 22.7 Å². The van der Waals surface area contributed by atoms with Crippen molar-refractivity contribution in [3.05, 3.63) is 17.5 Å². The third-order valence-electron chi connectivity index (χ3n) is 3.82. The van der Waals surface area contributed by atoms with Gasteiger partial charge in [-0.3, -0.25) is 4.79 Å². The standard InChI is InChI=1S/C14H20ClN3O4/c1-7(2)12(11-4-8(3)17-22-11)14(20)18-6-9(19)5-10(18)13(15)16-21/h4,7,9-10,12,19,21H,5-6H2,1-3H3. The van der Waals surface area contributed by atoms with Crippen LogP contribution in [-0.2, 0) is 4.79 Å². The van der Waals surface area contributed by atoms with Crippen molar-refractivity contribution in [3.63, 3.8) is 0 Å². The summed E-state index contributed by atoms with van der Waals surface area (Å²) in [6.07, 6.45) is -0.455. The lowest BCUT2D eigenvalue weighted by molar-refractivity contribution is -0.134. The highest BCUT2D eigenvalue weighted by Crippen LogP contribution is 2.31. The van der Waals surface area contributed by atoms with E-state index in [0.29, 0.717) is 11.5 Å². The average Bonchev–Trinajstić information content (AvgIpc) is 3.04. The molecule has 22 heavy (non-hydrogen) atoms. The van der Waals surface area contributed by atoms with Crippen LogP contribution in [0.4, 0.5) is 0 Å². The normalized spacial score (nSPS) is 24.1. The molecule has 7 nitrogen and oxygen atoms in total. The molecule has 1 aromatic heterocycles. The number of oxime groups is 1.